The lowest BCUT2D eigenvalue weighted by Crippen LogP contribution is -2.15. The van der Waals surface area contributed by atoms with Gasteiger partial charge in [0.15, 0.2) is 11.0 Å². The van der Waals surface area contributed by atoms with E-state index in [9.17, 15) is 9.18 Å². The van der Waals surface area contributed by atoms with Crippen molar-refractivity contribution in [2.45, 2.75) is 12.1 Å². The summed E-state index contributed by atoms with van der Waals surface area (Å²) < 4.78 is 20.7. The van der Waals surface area contributed by atoms with Crippen LogP contribution in [-0.2, 0) is 11.8 Å². The summed E-state index contributed by atoms with van der Waals surface area (Å²) in [4.78, 5) is 12.0. The van der Waals surface area contributed by atoms with Gasteiger partial charge in [0.2, 0.25) is 5.91 Å². The van der Waals surface area contributed by atoms with E-state index in [1.165, 1.54) is 23.9 Å². The number of rotatable bonds is 5. The molecule has 25 heavy (non-hydrogen) atoms. The lowest BCUT2D eigenvalue weighted by molar-refractivity contribution is -0.113. The van der Waals surface area contributed by atoms with Gasteiger partial charge >= 0.3 is 0 Å². The fraction of sp³-hybridized carbons (Fsp3) is 0.188. The van der Waals surface area contributed by atoms with Crippen LogP contribution in [0.4, 0.5) is 10.1 Å². The molecule has 130 valence electrons. The molecule has 3 aromatic rings. The molecule has 0 saturated carbocycles. The Bertz CT molecular complexity index is 925. The number of hydrogen-bond donors (Lipinski definition) is 1. The summed E-state index contributed by atoms with van der Waals surface area (Å²) in [5, 5.41) is 11.6. The molecule has 0 fully saturated rings. The minimum atomic E-state index is -0.581. The van der Waals surface area contributed by atoms with E-state index in [4.69, 9.17) is 16.0 Å². The molecule has 2 aromatic heterocycles. The Hall–Kier alpha value is -2.32. The Morgan fingerprint density at radius 1 is 1.40 bits per heavy atom. The number of nitrogens with zero attached hydrogens (tertiary/aromatic N) is 3. The largest absolute Gasteiger partial charge is 0.469 e. The smallest absolute Gasteiger partial charge is 0.234 e. The van der Waals surface area contributed by atoms with Gasteiger partial charge in [0.1, 0.15) is 11.6 Å². The van der Waals surface area contributed by atoms with E-state index in [2.05, 4.69) is 15.5 Å². The molecule has 2 heterocycles. The standard InChI is InChI=1S/C16H14ClFN4O2S/c1-9-11(5-6-24-9)15-20-21-16(22(15)2)25-8-14(23)19-13-4-3-10(17)7-12(13)18/h3-7H,8H2,1-2H3,(H,19,23). The van der Waals surface area contributed by atoms with Gasteiger partial charge in [-0.1, -0.05) is 23.4 Å². The number of hydrogen-bond acceptors (Lipinski definition) is 5. The quantitative estimate of drug-likeness (QED) is 0.679. The van der Waals surface area contributed by atoms with Crippen LogP contribution in [0.5, 0.6) is 0 Å². The summed E-state index contributed by atoms with van der Waals surface area (Å²) >= 11 is 6.89. The van der Waals surface area contributed by atoms with Gasteiger partial charge < -0.3 is 14.3 Å². The molecule has 0 radical (unpaired) electrons. The molecule has 0 bridgehead atoms. The highest BCUT2D eigenvalue weighted by Crippen LogP contribution is 2.26. The number of carbonyl (C=O) groups excluding carboxylic acids is 1. The minimum absolute atomic E-state index is 0.0679. The van der Waals surface area contributed by atoms with Crippen LogP contribution >= 0.6 is 23.4 Å². The van der Waals surface area contributed by atoms with Crippen LogP contribution in [0.25, 0.3) is 11.4 Å². The fourth-order valence-electron chi connectivity index (χ4n) is 2.20. The van der Waals surface area contributed by atoms with E-state index >= 15 is 0 Å². The Labute approximate surface area is 152 Å². The Balaban J connectivity index is 1.65. The van der Waals surface area contributed by atoms with E-state index in [1.807, 2.05) is 13.0 Å². The molecule has 1 amide bonds. The highest BCUT2D eigenvalue weighted by atomic mass is 35.5. The van der Waals surface area contributed by atoms with Gasteiger partial charge in [-0.3, -0.25) is 4.79 Å². The molecule has 0 aliphatic heterocycles. The topological polar surface area (TPSA) is 72.9 Å². The lowest BCUT2D eigenvalue weighted by Gasteiger charge is -2.06. The van der Waals surface area contributed by atoms with E-state index < -0.39 is 5.82 Å². The van der Waals surface area contributed by atoms with E-state index in [-0.39, 0.29) is 22.4 Å². The highest BCUT2D eigenvalue weighted by Gasteiger charge is 2.16. The maximum atomic E-state index is 13.7. The van der Waals surface area contributed by atoms with Crippen molar-refractivity contribution in [3.63, 3.8) is 0 Å². The number of carbonyl (C=O) groups is 1. The van der Waals surface area contributed by atoms with Gasteiger partial charge in [-0.2, -0.15) is 0 Å². The van der Waals surface area contributed by atoms with Crippen molar-refractivity contribution in [1.82, 2.24) is 14.8 Å². The predicted molar refractivity (Wildman–Crippen MR) is 94.2 cm³/mol. The lowest BCUT2D eigenvalue weighted by atomic mass is 10.2. The van der Waals surface area contributed by atoms with E-state index in [1.54, 1.807) is 17.9 Å². The molecule has 0 aliphatic rings. The molecule has 1 N–H and O–H groups in total. The van der Waals surface area contributed by atoms with Gasteiger partial charge in [0.05, 0.1) is 23.3 Å². The second-order valence-corrected chi connectivity index (χ2v) is 6.60. The second-order valence-electron chi connectivity index (χ2n) is 5.22. The summed E-state index contributed by atoms with van der Waals surface area (Å²) in [7, 11) is 1.81. The molecule has 0 saturated heterocycles. The molecular formula is C16H14ClFN4O2S. The number of anilines is 1. The first-order valence-electron chi connectivity index (χ1n) is 7.27. The summed E-state index contributed by atoms with van der Waals surface area (Å²) in [6, 6.07) is 5.88. The van der Waals surface area contributed by atoms with Crippen LogP contribution < -0.4 is 5.32 Å². The summed E-state index contributed by atoms with van der Waals surface area (Å²) in [5.41, 5.74) is 0.928. The summed E-state index contributed by atoms with van der Waals surface area (Å²) in [5.74, 6) is 0.525. The maximum Gasteiger partial charge on any atom is 0.234 e. The predicted octanol–water partition coefficient (Wildman–Crippen LogP) is 3.91. The Kier molecular flexibility index (Phi) is 5.10. The first kappa shape index (κ1) is 17.5. The van der Waals surface area contributed by atoms with Gasteiger partial charge in [0.25, 0.3) is 0 Å². The molecule has 0 spiro atoms. The van der Waals surface area contributed by atoms with E-state index in [0.29, 0.717) is 11.0 Å². The Morgan fingerprint density at radius 2 is 2.20 bits per heavy atom. The SMILES string of the molecule is Cc1occc1-c1nnc(SCC(=O)Nc2ccc(Cl)cc2F)n1C. The Morgan fingerprint density at radius 3 is 2.88 bits per heavy atom. The fourth-order valence-corrected chi connectivity index (χ4v) is 3.07. The number of furan rings is 1. The van der Waals surface area contributed by atoms with Crippen LogP contribution in [0, 0.1) is 12.7 Å². The first-order chi connectivity index (χ1) is 12.0. The first-order valence-corrected chi connectivity index (χ1v) is 8.63. The maximum absolute atomic E-state index is 13.7. The minimum Gasteiger partial charge on any atom is -0.469 e. The van der Waals surface area contributed by atoms with Crippen molar-refractivity contribution < 1.29 is 13.6 Å². The summed E-state index contributed by atoms with van der Waals surface area (Å²) in [6.07, 6.45) is 1.58. The van der Waals surface area contributed by atoms with E-state index in [0.717, 1.165) is 17.4 Å². The van der Waals surface area contributed by atoms with Crippen molar-refractivity contribution >= 4 is 35.0 Å². The van der Waals surface area contributed by atoms with Gasteiger partial charge in [0, 0.05) is 12.1 Å². The summed E-state index contributed by atoms with van der Waals surface area (Å²) in [6.45, 7) is 1.84. The molecule has 0 aliphatic carbocycles. The zero-order chi connectivity index (χ0) is 18.0. The highest BCUT2D eigenvalue weighted by molar-refractivity contribution is 7.99. The third-order valence-electron chi connectivity index (χ3n) is 3.47. The van der Waals surface area contributed by atoms with Crippen molar-refractivity contribution in [1.29, 1.82) is 0 Å². The van der Waals surface area contributed by atoms with Crippen LogP contribution in [0.3, 0.4) is 0 Å². The number of thioether (sulfide) groups is 1. The van der Waals surface area contributed by atoms with Crippen molar-refractivity contribution in [3.05, 3.63) is 47.1 Å². The van der Waals surface area contributed by atoms with Gasteiger partial charge in [-0.15, -0.1) is 10.2 Å². The van der Waals surface area contributed by atoms with Crippen LogP contribution in [0.15, 0.2) is 40.1 Å². The molecule has 1 aromatic carbocycles. The third kappa shape index (κ3) is 3.85. The average Bonchev–Trinajstić information content (AvgIpc) is 3.14. The number of nitrogens with one attached hydrogen (secondary N) is 1. The number of amides is 1. The molecular weight excluding hydrogens is 367 g/mol. The van der Waals surface area contributed by atoms with Gasteiger partial charge in [-0.05, 0) is 31.2 Å². The second kappa shape index (κ2) is 7.28. The number of halogens is 2. The van der Waals surface area contributed by atoms with Crippen LogP contribution in [0.2, 0.25) is 5.02 Å². The average molecular weight is 381 g/mol. The van der Waals surface area contributed by atoms with Crippen LogP contribution in [-0.4, -0.2) is 26.4 Å². The molecule has 6 nitrogen and oxygen atoms in total. The molecule has 0 atom stereocenters. The monoisotopic (exact) mass is 380 g/mol. The van der Waals surface area contributed by atoms with Gasteiger partial charge in [-0.25, -0.2) is 4.39 Å². The third-order valence-corrected chi connectivity index (χ3v) is 4.73. The number of aryl methyl sites for hydroxylation is 1. The zero-order valence-electron chi connectivity index (χ0n) is 13.4. The molecule has 9 heteroatoms. The van der Waals surface area contributed by atoms with Crippen molar-refractivity contribution in [2.75, 3.05) is 11.1 Å². The number of benzene rings is 1. The zero-order valence-corrected chi connectivity index (χ0v) is 15.0. The number of aromatic nitrogens is 3. The van der Waals surface area contributed by atoms with Crippen molar-refractivity contribution in [3.8, 4) is 11.4 Å². The normalized spacial score (nSPS) is 10.9. The molecule has 3 rings (SSSR count). The van der Waals surface area contributed by atoms with Crippen LogP contribution in [0.1, 0.15) is 5.76 Å². The van der Waals surface area contributed by atoms with Crippen molar-refractivity contribution in [2.24, 2.45) is 7.05 Å². The molecule has 0 unspecified atom stereocenters.